The van der Waals surface area contributed by atoms with Crippen molar-refractivity contribution in [2.24, 2.45) is 0 Å². The first-order valence-electron chi connectivity index (χ1n) is 8.71. The van der Waals surface area contributed by atoms with Gasteiger partial charge in [0.2, 0.25) is 0 Å². The van der Waals surface area contributed by atoms with Gasteiger partial charge in [0.1, 0.15) is 4.21 Å². The highest BCUT2D eigenvalue weighted by atomic mass is 32.2. The van der Waals surface area contributed by atoms with Crippen LogP contribution in [0.4, 0.5) is 0 Å². The number of rotatable bonds is 6. The molecular weight excluding hydrogens is 386 g/mol. The van der Waals surface area contributed by atoms with Gasteiger partial charge in [-0.05, 0) is 37.8 Å². The number of thiophene rings is 1. The zero-order chi connectivity index (χ0) is 19.8. The van der Waals surface area contributed by atoms with Crippen molar-refractivity contribution in [3.05, 3.63) is 40.0 Å². The Bertz CT molecular complexity index is 953. The monoisotopic (exact) mass is 409 g/mol. The van der Waals surface area contributed by atoms with Crippen molar-refractivity contribution in [1.82, 2.24) is 14.2 Å². The van der Waals surface area contributed by atoms with Gasteiger partial charge in [-0.1, -0.05) is 6.07 Å². The van der Waals surface area contributed by atoms with E-state index in [0.29, 0.717) is 52.9 Å². The molecule has 0 spiro atoms. The highest BCUT2D eigenvalue weighted by Gasteiger charge is 2.30. The van der Waals surface area contributed by atoms with Crippen molar-refractivity contribution >= 4 is 32.9 Å². The second-order valence-electron chi connectivity index (χ2n) is 6.72. The summed E-state index contributed by atoms with van der Waals surface area (Å²) in [6, 6.07) is 3.33. The van der Waals surface area contributed by atoms with Crippen LogP contribution in [0.25, 0.3) is 0 Å². The van der Waals surface area contributed by atoms with E-state index in [1.807, 2.05) is 4.90 Å². The number of hydrogen-bond acceptors (Lipinski definition) is 6. The molecule has 0 saturated carbocycles. The maximum Gasteiger partial charge on any atom is 0.252 e. The number of nitrogens with zero attached hydrogens (tertiary/aromatic N) is 2. The zero-order valence-corrected chi connectivity index (χ0v) is 17.2. The molecule has 2 aromatic heterocycles. The molecule has 1 aliphatic rings. The van der Waals surface area contributed by atoms with E-state index >= 15 is 0 Å². The van der Waals surface area contributed by atoms with Gasteiger partial charge in [-0.25, -0.2) is 8.42 Å². The predicted octanol–water partition coefficient (Wildman–Crippen LogP) is 2.08. The highest BCUT2D eigenvalue weighted by Crippen LogP contribution is 2.23. The minimum absolute atomic E-state index is 0.0623. The average molecular weight is 410 g/mol. The van der Waals surface area contributed by atoms with Crippen molar-refractivity contribution in [1.29, 1.82) is 0 Å². The molecular formula is C18H23N3O4S2. The molecule has 3 heterocycles. The van der Waals surface area contributed by atoms with Gasteiger partial charge in [0.05, 0.1) is 12.2 Å². The van der Waals surface area contributed by atoms with Crippen LogP contribution in [0.15, 0.2) is 21.7 Å². The zero-order valence-electron chi connectivity index (χ0n) is 15.6. The van der Waals surface area contributed by atoms with Crippen LogP contribution in [-0.4, -0.2) is 66.9 Å². The van der Waals surface area contributed by atoms with Gasteiger partial charge in [-0.3, -0.25) is 14.5 Å². The first-order valence-corrected chi connectivity index (χ1v) is 11.0. The molecule has 3 rings (SSSR count). The molecule has 0 aliphatic carbocycles. The second kappa shape index (κ2) is 7.67. The summed E-state index contributed by atoms with van der Waals surface area (Å²) >= 11 is 1.21. The summed E-state index contributed by atoms with van der Waals surface area (Å²) in [7, 11) is -3.44. The van der Waals surface area contributed by atoms with E-state index in [1.54, 1.807) is 31.4 Å². The Labute approximate surface area is 163 Å². The molecule has 2 aromatic rings. The summed E-state index contributed by atoms with van der Waals surface area (Å²) in [5.74, 6) is -0.148. The molecule has 7 nitrogen and oxygen atoms in total. The van der Waals surface area contributed by atoms with Crippen LogP contribution in [-0.2, 0) is 10.0 Å². The van der Waals surface area contributed by atoms with Crippen LogP contribution < -0.4 is 0 Å². The standard InChI is InChI=1S/C18H23N3O4S2/c1-12-17(14(3)22)13(2)19-18(12)15(23)11-20-6-8-21(9-7-20)27(24,25)16-5-4-10-26-16/h4-5,10,19H,6-9,11H2,1-3H3. The molecule has 0 amide bonds. The largest absolute Gasteiger partial charge is 0.355 e. The molecule has 1 fully saturated rings. The van der Waals surface area contributed by atoms with Crippen LogP contribution >= 0.6 is 11.3 Å². The lowest BCUT2D eigenvalue weighted by Crippen LogP contribution is -2.49. The van der Waals surface area contributed by atoms with Gasteiger partial charge in [-0.2, -0.15) is 4.31 Å². The minimum Gasteiger partial charge on any atom is -0.355 e. The third-order valence-electron chi connectivity index (χ3n) is 4.86. The van der Waals surface area contributed by atoms with E-state index < -0.39 is 10.0 Å². The number of carbonyl (C=O) groups is 2. The SMILES string of the molecule is CC(=O)c1c(C)[nH]c(C(=O)CN2CCN(S(=O)(=O)c3cccs3)CC2)c1C. The van der Waals surface area contributed by atoms with Crippen LogP contribution in [0.3, 0.4) is 0 Å². The number of sulfonamides is 1. The van der Waals surface area contributed by atoms with Gasteiger partial charge in [0.15, 0.2) is 11.6 Å². The lowest BCUT2D eigenvalue weighted by molar-refractivity contribution is 0.0896. The summed E-state index contributed by atoms with van der Waals surface area (Å²) in [6.07, 6.45) is 0. The molecule has 0 unspecified atom stereocenters. The Morgan fingerprint density at radius 3 is 2.37 bits per heavy atom. The Hall–Kier alpha value is -1.81. The molecule has 1 aliphatic heterocycles. The smallest absolute Gasteiger partial charge is 0.252 e. The fourth-order valence-electron chi connectivity index (χ4n) is 3.50. The maximum atomic E-state index is 12.7. The van der Waals surface area contributed by atoms with Gasteiger partial charge in [0, 0.05) is 37.4 Å². The van der Waals surface area contributed by atoms with E-state index in [4.69, 9.17) is 0 Å². The second-order valence-corrected chi connectivity index (χ2v) is 9.83. The lowest BCUT2D eigenvalue weighted by atomic mass is 10.1. The van der Waals surface area contributed by atoms with E-state index in [1.165, 1.54) is 22.6 Å². The Morgan fingerprint density at radius 1 is 1.19 bits per heavy atom. The molecule has 27 heavy (non-hydrogen) atoms. The quantitative estimate of drug-likeness (QED) is 0.738. The first kappa shape index (κ1) is 19.9. The number of nitrogens with one attached hydrogen (secondary N) is 1. The summed E-state index contributed by atoms with van der Waals surface area (Å²) in [6.45, 7) is 6.95. The number of piperazine rings is 1. The number of aromatic nitrogens is 1. The molecule has 1 saturated heterocycles. The topological polar surface area (TPSA) is 90.6 Å². The first-order chi connectivity index (χ1) is 12.7. The summed E-state index contributed by atoms with van der Waals surface area (Å²) < 4.78 is 26.9. The molecule has 9 heteroatoms. The maximum absolute atomic E-state index is 12.7. The Balaban J connectivity index is 1.64. The molecule has 146 valence electrons. The average Bonchev–Trinajstić information content (AvgIpc) is 3.24. The number of H-pyrrole nitrogens is 1. The Kier molecular flexibility index (Phi) is 5.66. The van der Waals surface area contributed by atoms with Gasteiger partial charge in [0.25, 0.3) is 10.0 Å². The normalized spacial score (nSPS) is 16.6. The van der Waals surface area contributed by atoms with Crippen LogP contribution in [0.2, 0.25) is 0 Å². The van der Waals surface area contributed by atoms with Crippen LogP contribution in [0.1, 0.15) is 39.0 Å². The lowest BCUT2D eigenvalue weighted by Gasteiger charge is -2.33. The molecule has 0 bridgehead atoms. The summed E-state index contributed by atoms with van der Waals surface area (Å²) in [5, 5.41) is 1.75. The highest BCUT2D eigenvalue weighted by molar-refractivity contribution is 7.91. The predicted molar refractivity (Wildman–Crippen MR) is 104 cm³/mol. The summed E-state index contributed by atoms with van der Waals surface area (Å²) in [4.78, 5) is 29.4. The number of aryl methyl sites for hydroxylation is 1. The molecule has 0 radical (unpaired) electrons. The number of aromatic amines is 1. The van der Waals surface area contributed by atoms with Gasteiger partial charge in [-0.15, -0.1) is 11.3 Å². The van der Waals surface area contributed by atoms with E-state index in [0.717, 1.165) is 0 Å². The van der Waals surface area contributed by atoms with Crippen molar-refractivity contribution in [3.8, 4) is 0 Å². The number of ketones is 2. The minimum atomic E-state index is -3.44. The van der Waals surface area contributed by atoms with E-state index in [9.17, 15) is 18.0 Å². The van der Waals surface area contributed by atoms with Crippen LogP contribution in [0.5, 0.6) is 0 Å². The van der Waals surface area contributed by atoms with Gasteiger partial charge >= 0.3 is 0 Å². The van der Waals surface area contributed by atoms with Crippen molar-refractivity contribution < 1.29 is 18.0 Å². The fourth-order valence-corrected chi connectivity index (χ4v) is 6.07. The van der Waals surface area contributed by atoms with E-state index in [2.05, 4.69) is 4.98 Å². The molecule has 0 atom stereocenters. The van der Waals surface area contributed by atoms with Crippen molar-refractivity contribution in [2.45, 2.75) is 25.0 Å². The van der Waals surface area contributed by atoms with Crippen LogP contribution in [0, 0.1) is 13.8 Å². The molecule has 1 N–H and O–H groups in total. The Morgan fingerprint density at radius 2 is 1.85 bits per heavy atom. The third-order valence-corrected chi connectivity index (χ3v) is 8.13. The van der Waals surface area contributed by atoms with Crippen molar-refractivity contribution in [3.63, 3.8) is 0 Å². The van der Waals surface area contributed by atoms with Gasteiger partial charge < -0.3 is 4.98 Å². The number of carbonyl (C=O) groups excluding carboxylic acids is 2. The van der Waals surface area contributed by atoms with Crippen molar-refractivity contribution in [2.75, 3.05) is 32.7 Å². The third kappa shape index (κ3) is 3.91. The summed E-state index contributed by atoms with van der Waals surface area (Å²) in [5.41, 5.74) is 2.43. The number of Topliss-reactive ketones (excluding diaryl/α,β-unsaturated/α-hetero) is 2. The molecule has 0 aromatic carbocycles. The fraction of sp³-hybridized carbons (Fsp3) is 0.444. The number of hydrogen-bond donors (Lipinski definition) is 1. The van der Waals surface area contributed by atoms with E-state index in [-0.39, 0.29) is 18.1 Å².